The Morgan fingerprint density at radius 1 is 1.00 bits per heavy atom. The van der Waals surface area contributed by atoms with Crippen molar-refractivity contribution in [1.29, 1.82) is 0 Å². The first-order valence-corrected chi connectivity index (χ1v) is 9.68. The van der Waals surface area contributed by atoms with E-state index in [9.17, 15) is 0 Å². The Kier molecular flexibility index (Phi) is 5.20. The summed E-state index contributed by atoms with van der Waals surface area (Å²) in [6, 6.07) is 11.1. The van der Waals surface area contributed by atoms with E-state index in [4.69, 9.17) is 37.4 Å². The Bertz CT molecular complexity index is 909. The van der Waals surface area contributed by atoms with Crippen LogP contribution >= 0.6 is 34.5 Å². The highest BCUT2D eigenvalue weighted by Crippen LogP contribution is 2.36. The van der Waals surface area contributed by atoms with Crippen molar-refractivity contribution in [3.63, 3.8) is 0 Å². The zero-order chi connectivity index (χ0) is 17.9. The molecular weight excluding hydrogens is 393 g/mol. The molecule has 3 aromatic rings. The fourth-order valence-electron chi connectivity index (χ4n) is 2.58. The van der Waals surface area contributed by atoms with Gasteiger partial charge in [-0.3, -0.25) is 0 Å². The zero-order valence-corrected chi connectivity index (χ0v) is 16.0. The van der Waals surface area contributed by atoms with Gasteiger partial charge in [0.05, 0.1) is 18.1 Å². The summed E-state index contributed by atoms with van der Waals surface area (Å²) in [7, 11) is 0. The van der Waals surface area contributed by atoms with Crippen LogP contribution in [0.1, 0.15) is 11.4 Å². The van der Waals surface area contributed by atoms with Crippen LogP contribution in [-0.2, 0) is 6.61 Å². The van der Waals surface area contributed by atoms with Gasteiger partial charge in [-0.15, -0.1) is 11.3 Å². The number of nitrogens with zero attached hydrogens (tertiary/aromatic N) is 1. The van der Waals surface area contributed by atoms with Crippen LogP contribution in [0.25, 0.3) is 10.4 Å². The normalized spacial score (nSPS) is 13.3. The number of benzene rings is 2. The summed E-state index contributed by atoms with van der Waals surface area (Å²) in [4.78, 5) is 5.48. The van der Waals surface area contributed by atoms with Crippen molar-refractivity contribution in [2.45, 2.75) is 13.0 Å². The van der Waals surface area contributed by atoms with Gasteiger partial charge in [-0.2, -0.15) is 0 Å². The van der Waals surface area contributed by atoms with Gasteiger partial charge in [0.2, 0.25) is 0 Å². The van der Waals surface area contributed by atoms with Gasteiger partial charge in [-0.1, -0.05) is 23.2 Å². The highest BCUT2D eigenvalue weighted by atomic mass is 35.5. The van der Waals surface area contributed by atoms with Crippen LogP contribution in [0, 0.1) is 0 Å². The van der Waals surface area contributed by atoms with Gasteiger partial charge in [0.15, 0.2) is 11.5 Å². The van der Waals surface area contributed by atoms with Crippen molar-refractivity contribution in [2.75, 3.05) is 13.2 Å². The second kappa shape index (κ2) is 7.74. The second-order valence-corrected chi connectivity index (χ2v) is 7.71. The molecule has 4 nitrogen and oxygen atoms in total. The summed E-state index contributed by atoms with van der Waals surface area (Å²) >= 11 is 13.5. The average molecular weight is 408 g/mol. The summed E-state index contributed by atoms with van der Waals surface area (Å²) in [5.74, 6) is 2.19. The van der Waals surface area contributed by atoms with Crippen LogP contribution < -0.4 is 14.2 Å². The third-order valence-electron chi connectivity index (χ3n) is 3.78. The van der Waals surface area contributed by atoms with Crippen molar-refractivity contribution in [1.82, 2.24) is 4.98 Å². The molecule has 0 bridgehead atoms. The predicted molar refractivity (Wildman–Crippen MR) is 104 cm³/mol. The van der Waals surface area contributed by atoms with E-state index in [1.165, 1.54) is 0 Å². The van der Waals surface area contributed by atoms with Crippen LogP contribution in [0.4, 0.5) is 0 Å². The van der Waals surface area contributed by atoms with E-state index < -0.39 is 0 Å². The summed E-state index contributed by atoms with van der Waals surface area (Å²) in [5.41, 5.74) is 1.05. The molecule has 0 atom stereocenters. The van der Waals surface area contributed by atoms with E-state index in [0.29, 0.717) is 35.6 Å². The van der Waals surface area contributed by atoms with Crippen LogP contribution in [-0.4, -0.2) is 18.2 Å². The van der Waals surface area contributed by atoms with Crippen molar-refractivity contribution in [2.24, 2.45) is 0 Å². The first-order chi connectivity index (χ1) is 12.7. The van der Waals surface area contributed by atoms with E-state index in [1.807, 2.05) is 24.4 Å². The smallest absolute Gasteiger partial charge is 0.161 e. The van der Waals surface area contributed by atoms with E-state index in [2.05, 4.69) is 4.98 Å². The van der Waals surface area contributed by atoms with Gasteiger partial charge < -0.3 is 14.2 Å². The minimum absolute atomic E-state index is 0.353. The van der Waals surface area contributed by atoms with Crippen LogP contribution in [0.15, 0.2) is 42.6 Å². The zero-order valence-electron chi connectivity index (χ0n) is 13.7. The molecule has 134 valence electrons. The molecule has 4 rings (SSSR count). The number of hydrogen-bond acceptors (Lipinski definition) is 5. The lowest BCUT2D eigenvalue weighted by Crippen LogP contribution is -1.97. The lowest BCUT2D eigenvalue weighted by Gasteiger charge is -2.08. The number of hydrogen-bond donors (Lipinski definition) is 0. The molecule has 7 heteroatoms. The predicted octanol–water partition coefficient (Wildman–Crippen LogP) is 5.86. The number of fused-ring (bicyclic) bond motifs is 1. The lowest BCUT2D eigenvalue weighted by atomic mass is 10.2. The summed E-state index contributed by atoms with van der Waals surface area (Å²) < 4.78 is 17.2. The quantitative estimate of drug-likeness (QED) is 0.543. The van der Waals surface area contributed by atoms with Gasteiger partial charge >= 0.3 is 0 Å². The maximum absolute atomic E-state index is 5.99. The van der Waals surface area contributed by atoms with E-state index >= 15 is 0 Å². The molecule has 0 spiro atoms. The molecule has 1 aliphatic rings. The topological polar surface area (TPSA) is 40.6 Å². The Labute approximate surface area is 165 Å². The van der Waals surface area contributed by atoms with E-state index in [-0.39, 0.29) is 0 Å². The molecular formula is C19H15Cl2NO3S. The van der Waals surface area contributed by atoms with Crippen molar-refractivity contribution in [3.8, 4) is 27.7 Å². The van der Waals surface area contributed by atoms with Crippen molar-refractivity contribution in [3.05, 3.63) is 57.6 Å². The minimum Gasteiger partial charge on any atom is -0.490 e. The fraction of sp³-hybridized carbons (Fsp3) is 0.211. The molecule has 0 unspecified atom stereocenters. The number of aromatic nitrogens is 1. The molecule has 0 N–H and O–H groups in total. The van der Waals surface area contributed by atoms with Crippen LogP contribution in [0.2, 0.25) is 10.0 Å². The summed E-state index contributed by atoms with van der Waals surface area (Å²) in [6.45, 7) is 1.70. The van der Waals surface area contributed by atoms with Gasteiger partial charge in [0.1, 0.15) is 17.4 Å². The standard InChI is InChI=1S/C19H15Cl2NO3S/c20-13-7-14(21)9-15(8-13)25-11-19-22-10-18(26-19)12-2-3-16-17(6-12)24-5-1-4-23-16/h2-3,6-10H,1,4-5,11H2. The molecule has 0 saturated heterocycles. The number of halogens is 2. The molecule has 1 aromatic heterocycles. The maximum Gasteiger partial charge on any atom is 0.161 e. The molecule has 0 aliphatic carbocycles. The van der Waals surface area contributed by atoms with Crippen LogP contribution in [0.3, 0.4) is 0 Å². The van der Waals surface area contributed by atoms with Crippen molar-refractivity contribution < 1.29 is 14.2 Å². The molecule has 0 radical (unpaired) electrons. The van der Waals surface area contributed by atoms with E-state index in [1.54, 1.807) is 29.5 Å². The molecule has 0 fully saturated rings. The number of rotatable bonds is 4. The monoisotopic (exact) mass is 407 g/mol. The van der Waals surface area contributed by atoms with E-state index in [0.717, 1.165) is 33.4 Å². The third-order valence-corrected chi connectivity index (χ3v) is 5.24. The molecule has 2 aromatic carbocycles. The van der Waals surface area contributed by atoms with Gasteiger partial charge in [-0.05, 0) is 42.0 Å². The molecule has 0 amide bonds. The highest BCUT2D eigenvalue weighted by Gasteiger charge is 2.13. The number of thiazole rings is 1. The Balaban J connectivity index is 1.48. The molecule has 1 aliphatic heterocycles. The first kappa shape index (κ1) is 17.5. The molecule has 26 heavy (non-hydrogen) atoms. The van der Waals surface area contributed by atoms with Gasteiger partial charge in [0.25, 0.3) is 0 Å². The Hall–Kier alpha value is -1.95. The maximum atomic E-state index is 5.99. The summed E-state index contributed by atoms with van der Waals surface area (Å²) in [6.07, 6.45) is 2.73. The SMILES string of the molecule is Clc1cc(Cl)cc(OCc2ncc(-c3ccc4c(c3)OCCCO4)s2)c1. The second-order valence-electron chi connectivity index (χ2n) is 5.72. The largest absolute Gasteiger partial charge is 0.490 e. The number of ether oxygens (including phenoxy) is 3. The van der Waals surface area contributed by atoms with Gasteiger partial charge in [-0.25, -0.2) is 4.98 Å². The molecule has 0 saturated carbocycles. The minimum atomic E-state index is 0.353. The molecule has 2 heterocycles. The Morgan fingerprint density at radius 3 is 2.58 bits per heavy atom. The van der Waals surface area contributed by atoms with Gasteiger partial charge in [0, 0.05) is 22.7 Å². The first-order valence-electron chi connectivity index (χ1n) is 8.11. The highest BCUT2D eigenvalue weighted by molar-refractivity contribution is 7.15. The summed E-state index contributed by atoms with van der Waals surface area (Å²) in [5, 5.41) is 1.95. The van der Waals surface area contributed by atoms with Crippen molar-refractivity contribution >= 4 is 34.5 Å². The Morgan fingerprint density at radius 2 is 1.77 bits per heavy atom. The third kappa shape index (κ3) is 4.06. The average Bonchev–Trinajstić information content (AvgIpc) is 2.96. The fourth-order valence-corrected chi connectivity index (χ4v) is 3.92. The van der Waals surface area contributed by atoms with Crippen LogP contribution in [0.5, 0.6) is 17.2 Å². The lowest BCUT2D eigenvalue weighted by molar-refractivity contribution is 0.297.